The van der Waals surface area contributed by atoms with Gasteiger partial charge in [0.25, 0.3) is 0 Å². The van der Waals surface area contributed by atoms with Crippen LogP contribution in [-0.2, 0) is 15.6 Å². The number of hydrogen-bond donors (Lipinski definition) is 1. The first-order valence-corrected chi connectivity index (χ1v) is 5.83. The second-order valence-corrected chi connectivity index (χ2v) is 5.13. The molecule has 0 aromatic carbocycles. The van der Waals surface area contributed by atoms with Crippen molar-refractivity contribution < 1.29 is 9.00 Å². The summed E-state index contributed by atoms with van der Waals surface area (Å²) < 4.78 is 10.9. The van der Waals surface area contributed by atoms with Crippen molar-refractivity contribution in [2.24, 2.45) is 5.92 Å². The van der Waals surface area contributed by atoms with Gasteiger partial charge in [0.15, 0.2) is 0 Å². The molecule has 2 unspecified atom stereocenters. The molecule has 0 saturated heterocycles. The number of carbonyl (C=O) groups excluding carboxylic acids is 1. The van der Waals surface area contributed by atoms with Gasteiger partial charge in [0.05, 0.1) is 0 Å². The predicted octanol–water partition coefficient (Wildman–Crippen LogP) is 0.280. The van der Waals surface area contributed by atoms with Crippen molar-refractivity contribution in [3.05, 3.63) is 0 Å². The maximum absolute atomic E-state index is 11.1. The van der Waals surface area contributed by atoms with E-state index >= 15 is 0 Å². The minimum absolute atomic E-state index is 0.0627. The first kappa shape index (κ1) is 9.71. The normalized spacial score (nSPS) is 21.5. The fourth-order valence-corrected chi connectivity index (χ4v) is 1.17. The molecule has 0 aromatic heterocycles. The SMILES string of the molecule is CC(CNC(=O)C1CC1)S(C)=O. The molecule has 1 rings (SSSR count). The van der Waals surface area contributed by atoms with Crippen molar-refractivity contribution in [2.75, 3.05) is 12.8 Å². The van der Waals surface area contributed by atoms with E-state index in [4.69, 9.17) is 0 Å². The highest BCUT2D eigenvalue weighted by Gasteiger charge is 2.29. The average molecular weight is 189 g/mol. The van der Waals surface area contributed by atoms with E-state index in [2.05, 4.69) is 5.32 Å². The van der Waals surface area contributed by atoms with Crippen LogP contribution < -0.4 is 5.32 Å². The summed E-state index contributed by atoms with van der Waals surface area (Å²) >= 11 is 0. The molecule has 1 fully saturated rings. The summed E-state index contributed by atoms with van der Waals surface area (Å²) in [5, 5.41) is 2.86. The van der Waals surface area contributed by atoms with E-state index in [1.165, 1.54) is 0 Å². The summed E-state index contributed by atoms with van der Waals surface area (Å²) in [7, 11) is -0.834. The van der Waals surface area contributed by atoms with Gasteiger partial charge in [-0.15, -0.1) is 0 Å². The quantitative estimate of drug-likeness (QED) is 0.690. The van der Waals surface area contributed by atoms with Crippen LogP contribution in [0.25, 0.3) is 0 Å². The maximum atomic E-state index is 11.1. The highest BCUT2D eigenvalue weighted by atomic mass is 32.2. The van der Waals surface area contributed by atoms with Crippen LogP contribution in [0.15, 0.2) is 0 Å². The molecule has 1 saturated carbocycles. The lowest BCUT2D eigenvalue weighted by molar-refractivity contribution is -0.122. The molecule has 0 heterocycles. The molecule has 0 bridgehead atoms. The predicted molar refractivity (Wildman–Crippen MR) is 49.3 cm³/mol. The minimum atomic E-state index is -0.834. The third kappa shape index (κ3) is 2.93. The molecule has 1 aliphatic rings. The van der Waals surface area contributed by atoms with E-state index in [1.54, 1.807) is 6.26 Å². The highest BCUT2D eigenvalue weighted by Crippen LogP contribution is 2.28. The van der Waals surface area contributed by atoms with Gasteiger partial charge < -0.3 is 5.32 Å². The Balaban J connectivity index is 2.15. The third-order valence-corrected chi connectivity index (χ3v) is 3.38. The largest absolute Gasteiger partial charge is 0.355 e. The fraction of sp³-hybridized carbons (Fsp3) is 0.875. The van der Waals surface area contributed by atoms with Gasteiger partial charge in [-0.25, -0.2) is 0 Å². The van der Waals surface area contributed by atoms with Gasteiger partial charge >= 0.3 is 0 Å². The zero-order valence-corrected chi connectivity index (χ0v) is 8.32. The van der Waals surface area contributed by atoms with Crippen molar-refractivity contribution in [3.63, 3.8) is 0 Å². The lowest BCUT2D eigenvalue weighted by atomic mass is 10.4. The molecule has 4 heteroatoms. The Kier molecular flexibility index (Phi) is 3.26. The second-order valence-electron chi connectivity index (χ2n) is 3.33. The Hall–Kier alpha value is -0.380. The Morgan fingerprint density at radius 3 is 2.67 bits per heavy atom. The molecular formula is C8H15NO2S. The van der Waals surface area contributed by atoms with Crippen molar-refractivity contribution in [2.45, 2.75) is 25.0 Å². The van der Waals surface area contributed by atoms with Crippen LogP contribution in [0.2, 0.25) is 0 Å². The molecular weight excluding hydrogens is 174 g/mol. The van der Waals surface area contributed by atoms with Crippen LogP contribution in [0, 0.1) is 5.92 Å². The first-order chi connectivity index (χ1) is 5.61. The summed E-state index contributed by atoms with van der Waals surface area (Å²) in [5.41, 5.74) is 0. The van der Waals surface area contributed by atoms with Crippen molar-refractivity contribution in [1.29, 1.82) is 0 Å². The maximum Gasteiger partial charge on any atom is 0.223 e. The molecule has 0 radical (unpaired) electrons. The fourth-order valence-electron chi connectivity index (χ4n) is 0.852. The summed E-state index contributed by atoms with van der Waals surface area (Å²) in [4.78, 5) is 11.1. The van der Waals surface area contributed by atoms with Gasteiger partial charge in [-0.2, -0.15) is 0 Å². The van der Waals surface area contributed by atoms with Gasteiger partial charge in [-0.3, -0.25) is 9.00 Å². The summed E-state index contributed by atoms with van der Waals surface area (Å²) in [5.74, 6) is 0.384. The lowest BCUT2D eigenvalue weighted by Gasteiger charge is -2.08. The van der Waals surface area contributed by atoms with Gasteiger partial charge in [0.1, 0.15) is 0 Å². The number of nitrogens with one attached hydrogen (secondary N) is 1. The van der Waals surface area contributed by atoms with Crippen LogP contribution in [0.3, 0.4) is 0 Å². The zero-order chi connectivity index (χ0) is 9.14. The third-order valence-electron chi connectivity index (χ3n) is 2.08. The van der Waals surface area contributed by atoms with Gasteiger partial charge in [0, 0.05) is 34.8 Å². The molecule has 70 valence electrons. The molecule has 1 N–H and O–H groups in total. The van der Waals surface area contributed by atoms with E-state index in [0.29, 0.717) is 6.54 Å². The van der Waals surface area contributed by atoms with Crippen LogP contribution in [-0.4, -0.2) is 28.2 Å². The van der Waals surface area contributed by atoms with Crippen LogP contribution in [0.5, 0.6) is 0 Å². The Morgan fingerprint density at radius 2 is 2.25 bits per heavy atom. The molecule has 3 nitrogen and oxygen atoms in total. The average Bonchev–Trinajstić information content (AvgIpc) is 2.81. The number of rotatable bonds is 4. The second kappa shape index (κ2) is 4.03. The number of hydrogen-bond acceptors (Lipinski definition) is 2. The molecule has 12 heavy (non-hydrogen) atoms. The number of amides is 1. The van der Waals surface area contributed by atoms with E-state index in [1.807, 2.05) is 6.92 Å². The summed E-state index contributed by atoms with van der Waals surface area (Å²) in [6, 6.07) is 0. The van der Waals surface area contributed by atoms with E-state index in [0.717, 1.165) is 12.8 Å². The number of carbonyl (C=O) groups is 1. The topological polar surface area (TPSA) is 46.2 Å². The van der Waals surface area contributed by atoms with Crippen molar-refractivity contribution >= 4 is 16.7 Å². The molecule has 0 aromatic rings. The van der Waals surface area contributed by atoms with Gasteiger partial charge in [-0.05, 0) is 19.8 Å². The van der Waals surface area contributed by atoms with E-state index in [-0.39, 0.29) is 17.1 Å². The molecule has 1 amide bonds. The standard InChI is InChI=1S/C8H15NO2S/c1-6(12(2)11)5-9-8(10)7-3-4-7/h6-7H,3-5H2,1-2H3,(H,9,10). The molecule has 0 spiro atoms. The smallest absolute Gasteiger partial charge is 0.223 e. The highest BCUT2D eigenvalue weighted by molar-refractivity contribution is 7.84. The van der Waals surface area contributed by atoms with E-state index < -0.39 is 10.8 Å². The Bertz CT molecular complexity index is 201. The first-order valence-electron chi connectivity index (χ1n) is 4.21. The van der Waals surface area contributed by atoms with Crippen molar-refractivity contribution in [1.82, 2.24) is 5.32 Å². The van der Waals surface area contributed by atoms with Crippen molar-refractivity contribution in [3.8, 4) is 0 Å². The van der Waals surface area contributed by atoms with Crippen LogP contribution in [0.1, 0.15) is 19.8 Å². The van der Waals surface area contributed by atoms with E-state index in [9.17, 15) is 9.00 Å². The monoisotopic (exact) mass is 189 g/mol. The summed E-state index contributed by atoms with van der Waals surface area (Å²) in [6.45, 7) is 2.42. The van der Waals surface area contributed by atoms with Crippen LogP contribution in [0.4, 0.5) is 0 Å². The van der Waals surface area contributed by atoms with Gasteiger partial charge in [0.2, 0.25) is 5.91 Å². The summed E-state index contributed by atoms with van der Waals surface area (Å²) in [6.07, 6.45) is 3.71. The molecule has 1 aliphatic carbocycles. The zero-order valence-electron chi connectivity index (χ0n) is 7.50. The lowest BCUT2D eigenvalue weighted by Crippen LogP contribution is -2.33. The minimum Gasteiger partial charge on any atom is -0.355 e. The Labute approximate surface area is 75.4 Å². The molecule has 2 atom stereocenters. The van der Waals surface area contributed by atoms with Gasteiger partial charge in [-0.1, -0.05) is 0 Å². The molecule has 0 aliphatic heterocycles. The Morgan fingerprint density at radius 1 is 1.67 bits per heavy atom. The van der Waals surface area contributed by atoms with Crippen LogP contribution >= 0.6 is 0 Å².